The van der Waals surface area contributed by atoms with Crippen LogP contribution < -0.4 is 0 Å². The van der Waals surface area contributed by atoms with Gasteiger partial charge >= 0.3 is 5.97 Å². The van der Waals surface area contributed by atoms with Gasteiger partial charge in [0.25, 0.3) is 0 Å². The van der Waals surface area contributed by atoms with Crippen LogP contribution in [0.15, 0.2) is 28.7 Å². The maximum absolute atomic E-state index is 11.7. The lowest BCUT2D eigenvalue weighted by molar-refractivity contribution is 0.0525. The SMILES string of the molecule is CCOC(=O)c1cc2ccc(Br)cc2nc1C. The summed E-state index contributed by atoms with van der Waals surface area (Å²) < 4.78 is 5.97. The van der Waals surface area contributed by atoms with Crippen molar-refractivity contribution in [3.63, 3.8) is 0 Å². The van der Waals surface area contributed by atoms with Gasteiger partial charge in [-0.15, -0.1) is 0 Å². The third kappa shape index (κ3) is 2.47. The van der Waals surface area contributed by atoms with E-state index in [1.54, 1.807) is 6.92 Å². The van der Waals surface area contributed by atoms with Gasteiger partial charge in [-0.05, 0) is 32.0 Å². The molecule has 0 amide bonds. The normalized spacial score (nSPS) is 10.5. The van der Waals surface area contributed by atoms with Gasteiger partial charge in [-0.1, -0.05) is 22.0 Å². The maximum atomic E-state index is 11.7. The minimum absolute atomic E-state index is 0.317. The predicted octanol–water partition coefficient (Wildman–Crippen LogP) is 3.48. The molecule has 0 aliphatic rings. The van der Waals surface area contributed by atoms with E-state index in [1.807, 2.05) is 31.2 Å². The Balaban J connectivity index is 2.55. The number of ether oxygens (including phenoxy) is 1. The molecule has 0 N–H and O–H groups in total. The van der Waals surface area contributed by atoms with Crippen molar-refractivity contribution in [2.45, 2.75) is 13.8 Å². The van der Waals surface area contributed by atoms with Crippen LogP contribution in [0, 0.1) is 6.92 Å². The molecule has 88 valence electrons. The van der Waals surface area contributed by atoms with Crippen LogP contribution in [0.1, 0.15) is 23.0 Å². The van der Waals surface area contributed by atoms with Crippen molar-refractivity contribution < 1.29 is 9.53 Å². The average molecular weight is 294 g/mol. The van der Waals surface area contributed by atoms with E-state index in [0.717, 1.165) is 15.4 Å². The number of aromatic nitrogens is 1. The number of carbonyl (C=O) groups excluding carboxylic acids is 1. The van der Waals surface area contributed by atoms with Crippen LogP contribution in [0.25, 0.3) is 10.9 Å². The second-order valence-corrected chi connectivity index (χ2v) is 4.59. The summed E-state index contributed by atoms with van der Waals surface area (Å²) in [5, 5.41) is 0.932. The lowest BCUT2D eigenvalue weighted by atomic mass is 10.1. The molecule has 0 radical (unpaired) electrons. The fraction of sp³-hybridized carbons (Fsp3) is 0.231. The number of hydrogen-bond acceptors (Lipinski definition) is 3. The van der Waals surface area contributed by atoms with Crippen molar-refractivity contribution in [2.24, 2.45) is 0 Å². The Morgan fingerprint density at radius 3 is 2.88 bits per heavy atom. The van der Waals surface area contributed by atoms with E-state index in [4.69, 9.17) is 4.74 Å². The monoisotopic (exact) mass is 293 g/mol. The molecule has 1 aromatic heterocycles. The van der Waals surface area contributed by atoms with E-state index >= 15 is 0 Å². The Bertz CT molecular complexity index is 581. The molecule has 3 nitrogen and oxygen atoms in total. The Morgan fingerprint density at radius 2 is 2.18 bits per heavy atom. The van der Waals surface area contributed by atoms with Crippen LogP contribution in [-0.2, 0) is 4.74 Å². The molecule has 0 atom stereocenters. The van der Waals surface area contributed by atoms with E-state index in [9.17, 15) is 4.79 Å². The van der Waals surface area contributed by atoms with Gasteiger partial charge in [-0.3, -0.25) is 4.98 Å². The summed E-state index contributed by atoms with van der Waals surface area (Å²) in [4.78, 5) is 16.1. The minimum Gasteiger partial charge on any atom is -0.462 e. The van der Waals surface area contributed by atoms with Crippen LogP contribution in [0.3, 0.4) is 0 Å². The molecule has 0 bridgehead atoms. The van der Waals surface area contributed by atoms with Crippen molar-refractivity contribution in [3.8, 4) is 0 Å². The Kier molecular flexibility index (Phi) is 3.43. The second kappa shape index (κ2) is 4.84. The van der Waals surface area contributed by atoms with E-state index < -0.39 is 0 Å². The quantitative estimate of drug-likeness (QED) is 0.796. The number of hydrogen-bond donors (Lipinski definition) is 0. The van der Waals surface area contributed by atoms with Gasteiger partial charge in [0.05, 0.1) is 23.4 Å². The van der Waals surface area contributed by atoms with Gasteiger partial charge in [0.15, 0.2) is 0 Å². The third-order valence-electron chi connectivity index (χ3n) is 2.47. The van der Waals surface area contributed by atoms with E-state index in [1.165, 1.54) is 0 Å². The molecular weight excluding hydrogens is 282 g/mol. The van der Waals surface area contributed by atoms with Gasteiger partial charge < -0.3 is 4.74 Å². The summed E-state index contributed by atoms with van der Waals surface area (Å²) in [6, 6.07) is 7.60. The minimum atomic E-state index is -0.317. The molecule has 4 heteroatoms. The summed E-state index contributed by atoms with van der Waals surface area (Å²) in [5.74, 6) is -0.317. The van der Waals surface area contributed by atoms with E-state index in [2.05, 4.69) is 20.9 Å². The Morgan fingerprint density at radius 1 is 1.41 bits per heavy atom. The molecule has 2 rings (SSSR count). The molecule has 0 aliphatic heterocycles. The highest BCUT2D eigenvalue weighted by atomic mass is 79.9. The average Bonchev–Trinajstić information content (AvgIpc) is 2.28. The van der Waals surface area contributed by atoms with Gasteiger partial charge in [-0.25, -0.2) is 4.79 Å². The van der Waals surface area contributed by atoms with E-state index in [-0.39, 0.29) is 5.97 Å². The molecule has 17 heavy (non-hydrogen) atoms. The fourth-order valence-corrected chi connectivity index (χ4v) is 2.00. The first-order valence-electron chi connectivity index (χ1n) is 5.36. The van der Waals surface area contributed by atoms with Crippen LogP contribution in [0.4, 0.5) is 0 Å². The van der Waals surface area contributed by atoms with Crippen LogP contribution in [0.5, 0.6) is 0 Å². The number of rotatable bonds is 2. The van der Waals surface area contributed by atoms with Crippen LogP contribution in [0.2, 0.25) is 0 Å². The number of esters is 1. The smallest absolute Gasteiger partial charge is 0.339 e. The first-order valence-corrected chi connectivity index (χ1v) is 6.15. The molecule has 0 saturated heterocycles. The standard InChI is InChI=1S/C13H12BrNO2/c1-3-17-13(16)11-6-9-4-5-10(14)7-12(9)15-8(11)2/h4-7H,3H2,1-2H3. The third-order valence-corrected chi connectivity index (χ3v) is 2.96. The highest BCUT2D eigenvalue weighted by molar-refractivity contribution is 9.10. The number of pyridine rings is 1. The van der Waals surface area contributed by atoms with Gasteiger partial charge in [0.2, 0.25) is 0 Å². The fourth-order valence-electron chi connectivity index (χ4n) is 1.65. The molecule has 1 aromatic carbocycles. The molecule has 0 saturated carbocycles. The van der Waals surface area contributed by atoms with Gasteiger partial charge in [0.1, 0.15) is 0 Å². The van der Waals surface area contributed by atoms with Crippen molar-refractivity contribution in [1.29, 1.82) is 0 Å². The summed E-state index contributed by atoms with van der Waals surface area (Å²) in [7, 11) is 0. The molecule has 0 aliphatic carbocycles. The number of nitrogens with zero attached hydrogens (tertiary/aromatic N) is 1. The zero-order valence-corrected chi connectivity index (χ0v) is 11.2. The summed E-state index contributed by atoms with van der Waals surface area (Å²) in [6.07, 6.45) is 0. The zero-order chi connectivity index (χ0) is 12.4. The predicted molar refractivity (Wildman–Crippen MR) is 70.1 cm³/mol. The zero-order valence-electron chi connectivity index (χ0n) is 9.66. The largest absolute Gasteiger partial charge is 0.462 e. The highest BCUT2D eigenvalue weighted by Crippen LogP contribution is 2.21. The van der Waals surface area contributed by atoms with Crippen molar-refractivity contribution in [2.75, 3.05) is 6.61 Å². The topological polar surface area (TPSA) is 39.2 Å². The number of benzene rings is 1. The molecule has 1 heterocycles. The molecule has 0 fully saturated rings. The lowest BCUT2D eigenvalue weighted by Gasteiger charge is -2.07. The van der Waals surface area contributed by atoms with Crippen molar-refractivity contribution in [1.82, 2.24) is 4.98 Å². The molecular formula is C13H12BrNO2. The first kappa shape index (κ1) is 12.0. The second-order valence-electron chi connectivity index (χ2n) is 3.68. The van der Waals surface area contributed by atoms with Gasteiger partial charge in [0, 0.05) is 9.86 Å². The van der Waals surface area contributed by atoms with E-state index in [0.29, 0.717) is 17.9 Å². The van der Waals surface area contributed by atoms with Crippen LogP contribution >= 0.6 is 15.9 Å². The number of halogens is 1. The molecule has 0 unspecified atom stereocenters. The summed E-state index contributed by atoms with van der Waals surface area (Å²) in [5.41, 5.74) is 2.08. The highest BCUT2D eigenvalue weighted by Gasteiger charge is 2.12. The Hall–Kier alpha value is -1.42. The molecule has 0 spiro atoms. The summed E-state index contributed by atoms with van der Waals surface area (Å²) in [6.45, 7) is 3.97. The number of carbonyl (C=O) groups is 1. The Labute approximate surface area is 108 Å². The van der Waals surface area contributed by atoms with Crippen molar-refractivity contribution >= 4 is 32.8 Å². The number of fused-ring (bicyclic) bond motifs is 1. The lowest BCUT2D eigenvalue weighted by Crippen LogP contribution is -2.07. The van der Waals surface area contributed by atoms with Crippen molar-refractivity contribution in [3.05, 3.63) is 40.0 Å². The summed E-state index contributed by atoms with van der Waals surface area (Å²) >= 11 is 3.40. The maximum Gasteiger partial charge on any atom is 0.339 e. The first-order chi connectivity index (χ1) is 8.11. The number of aryl methyl sites for hydroxylation is 1. The van der Waals surface area contributed by atoms with Gasteiger partial charge in [-0.2, -0.15) is 0 Å². The van der Waals surface area contributed by atoms with Crippen LogP contribution in [-0.4, -0.2) is 17.6 Å². The molecule has 2 aromatic rings.